The van der Waals surface area contributed by atoms with E-state index >= 15 is 0 Å². The van der Waals surface area contributed by atoms with Crippen LogP contribution < -0.4 is 0 Å². The second kappa shape index (κ2) is 6.83. The summed E-state index contributed by atoms with van der Waals surface area (Å²) in [6.45, 7) is 1.92. The molecule has 4 nitrogen and oxygen atoms in total. The van der Waals surface area contributed by atoms with Crippen LogP contribution >= 0.6 is 15.9 Å². The Morgan fingerprint density at radius 1 is 1.15 bits per heavy atom. The lowest BCUT2D eigenvalue weighted by atomic mass is 10.1. The van der Waals surface area contributed by atoms with E-state index in [0.717, 1.165) is 11.0 Å². The van der Waals surface area contributed by atoms with Crippen LogP contribution in [0.1, 0.15) is 23.2 Å². The molecular formula is C14H18BrNO3S. The van der Waals surface area contributed by atoms with Crippen molar-refractivity contribution in [3.8, 4) is 0 Å². The van der Waals surface area contributed by atoms with Crippen molar-refractivity contribution in [3.63, 3.8) is 0 Å². The molecule has 110 valence electrons. The van der Waals surface area contributed by atoms with Crippen LogP contribution in [-0.2, 0) is 9.84 Å². The van der Waals surface area contributed by atoms with Crippen molar-refractivity contribution < 1.29 is 13.2 Å². The molecule has 0 radical (unpaired) electrons. The van der Waals surface area contributed by atoms with Crippen molar-refractivity contribution in [2.75, 3.05) is 31.1 Å². The Labute approximate surface area is 128 Å². The molecule has 0 saturated carbocycles. The zero-order valence-corrected chi connectivity index (χ0v) is 13.6. The third-order valence-electron chi connectivity index (χ3n) is 3.47. The minimum atomic E-state index is -2.88. The fraction of sp³-hybridized carbons (Fsp3) is 0.500. The predicted octanol–water partition coefficient (Wildman–Crippen LogP) is 2.14. The van der Waals surface area contributed by atoms with Gasteiger partial charge in [-0.15, -0.1) is 0 Å². The van der Waals surface area contributed by atoms with Crippen molar-refractivity contribution in [1.29, 1.82) is 0 Å². The van der Waals surface area contributed by atoms with Crippen LogP contribution in [0.5, 0.6) is 0 Å². The first-order chi connectivity index (χ1) is 9.46. The van der Waals surface area contributed by atoms with Crippen LogP contribution in [0.4, 0.5) is 0 Å². The number of halogens is 1. The Morgan fingerprint density at radius 2 is 1.85 bits per heavy atom. The molecule has 0 atom stereocenters. The molecule has 1 saturated heterocycles. The number of ketones is 1. The van der Waals surface area contributed by atoms with Crippen molar-refractivity contribution in [2.45, 2.75) is 12.8 Å². The molecular weight excluding hydrogens is 342 g/mol. The Kier molecular flexibility index (Phi) is 5.35. The topological polar surface area (TPSA) is 54.5 Å². The highest BCUT2D eigenvalue weighted by Gasteiger charge is 2.19. The summed E-state index contributed by atoms with van der Waals surface area (Å²) in [5.41, 5.74) is 0.704. The molecule has 0 bridgehead atoms. The summed E-state index contributed by atoms with van der Waals surface area (Å²) < 4.78 is 24.0. The van der Waals surface area contributed by atoms with E-state index in [1.165, 1.54) is 0 Å². The standard InChI is InChI=1S/C14H18BrNO3S/c15-13-4-2-12(3-5-13)14(17)6-8-16-7-1-10-20(18,19)11-9-16/h2-5H,1,6-11H2. The summed E-state index contributed by atoms with van der Waals surface area (Å²) in [6, 6.07) is 7.32. The lowest BCUT2D eigenvalue weighted by molar-refractivity contribution is 0.0966. The van der Waals surface area contributed by atoms with Gasteiger partial charge in [0.15, 0.2) is 15.6 Å². The number of sulfone groups is 1. The van der Waals surface area contributed by atoms with Gasteiger partial charge in [0, 0.05) is 29.5 Å². The maximum Gasteiger partial charge on any atom is 0.164 e. The highest BCUT2D eigenvalue weighted by atomic mass is 79.9. The van der Waals surface area contributed by atoms with E-state index in [0.29, 0.717) is 31.5 Å². The van der Waals surface area contributed by atoms with Crippen LogP contribution in [0.25, 0.3) is 0 Å². The minimum Gasteiger partial charge on any atom is -0.302 e. The number of carbonyl (C=O) groups excluding carboxylic acids is 1. The normalized spacial score (nSPS) is 19.4. The molecule has 1 aromatic carbocycles. The second-order valence-corrected chi connectivity index (χ2v) is 8.25. The third kappa shape index (κ3) is 4.68. The van der Waals surface area contributed by atoms with E-state index in [1.54, 1.807) is 12.1 Å². The zero-order chi connectivity index (χ0) is 14.6. The molecule has 0 N–H and O–H groups in total. The quantitative estimate of drug-likeness (QED) is 0.772. The lowest BCUT2D eigenvalue weighted by Gasteiger charge is -2.18. The maximum absolute atomic E-state index is 12.1. The first-order valence-electron chi connectivity index (χ1n) is 6.68. The maximum atomic E-state index is 12.1. The van der Waals surface area contributed by atoms with Crippen LogP contribution in [0, 0.1) is 0 Å². The zero-order valence-electron chi connectivity index (χ0n) is 11.2. The second-order valence-electron chi connectivity index (χ2n) is 5.03. The Balaban J connectivity index is 1.86. The first kappa shape index (κ1) is 15.7. The summed E-state index contributed by atoms with van der Waals surface area (Å²) in [5, 5.41) is 0. The third-order valence-corrected chi connectivity index (χ3v) is 5.71. The number of rotatable bonds is 4. The van der Waals surface area contributed by atoms with Crippen LogP contribution in [-0.4, -0.2) is 50.2 Å². The fourth-order valence-corrected chi connectivity index (χ4v) is 3.83. The molecule has 0 aromatic heterocycles. The summed E-state index contributed by atoms with van der Waals surface area (Å²) >= 11 is 3.34. The fourth-order valence-electron chi connectivity index (χ4n) is 2.25. The molecule has 6 heteroatoms. The SMILES string of the molecule is O=C(CCN1CCCS(=O)(=O)CC1)c1ccc(Br)cc1. The Hall–Kier alpha value is -0.720. The van der Waals surface area contributed by atoms with Crippen molar-refractivity contribution in [3.05, 3.63) is 34.3 Å². The minimum absolute atomic E-state index is 0.101. The molecule has 1 fully saturated rings. The van der Waals surface area contributed by atoms with E-state index in [9.17, 15) is 13.2 Å². The van der Waals surface area contributed by atoms with Crippen LogP contribution in [0.15, 0.2) is 28.7 Å². The molecule has 1 aliphatic heterocycles. The van der Waals surface area contributed by atoms with Crippen LogP contribution in [0.2, 0.25) is 0 Å². The monoisotopic (exact) mass is 359 g/mol. The van der Waals surface area contributed by atoms with Gasteiger partial charge in [0.1, 0.15) is 0 Å². The smallest absolute Gasteiger partial charge is 0.164 e. The molecule has 1 heterocycles. The average molecular weight is 360 g/mol. The van der Waals surface area contributed by atoms with Gasteiger partial charge >= 0.3 is 0 Å². The Bertz CT molecular complexity index is 569. The number of benzene rings is 1. The number of hydrogen-bond acceptors (Lipinski definition) is 4. The van der Waals surface area contributed by atoms with Gasteiger partial charge in [0.05, 0.1) is 11.5 Å². The highest BCUT2D eigenvalue weighted by molar-refractivity contribution is 9.10. The van der Waals surface area contributed by atoms with E-state index in [2.05, 4.69) is 20.8 Å². The van der Waals surface area contributed by atoms with Gasteiger partial charge in [-0.25, -0.2) is 8.42 Å². The van der Waals surface area contributed by atoms with Crippen molar-refractivity contribution in [2.24, 2.45) is 0 Å². The summed E-state index contributed by atoms with van der Waals surface area (Å²) in [5.74, 6) is 0.577. The number of Topliss-reactive ketones (excluding diaryl/α,β-unsaturated/α-hetero) is 1. The predicted molar refractivity (Wildman–Crippen MR) is 82.8 cm³/mol. The van der Waals surface area contributed by atoms with Gasteiger partial charge in [0.2, 0.25) is 0 Å². The van der Waals surface area contributed by atoms with E-state index in [-0.39, 0.29) is 17.3 Å². The van der Waals surface area contributed by atoms with Crippen molar-refractivity contribution in [1.82, 2.24) is 4.90 Å². The molecule has 20 heavy (non-hydrogen) atoms. The molecule has 0 spiro atoms. The summed E-state index contributed by atoms with van der Waals surface area (Å²) in [4.78, 5) is 14.1. The molecule has 1 aromatic rings. The Morgan fingerprint density at radius 3 is 2.55 bits per heavy atom. The van der Waals surface area contributed by atoms with E-state index < -0.39 is 9.84 Å². The molecule has 2 rings (SSSR count). The lowest BCUT2D eigenvalue weighted by Crippen LogP contribution is -2.29. The summed E-state index contributed by atoms with van der Waals surface area (Å²) in [6.07, 6.45) is 1.09. The first-order valence-corrected chi connectivity index (χ1v) is 9.29. The van der Waals surface area contributed by atoms with E-state index in [1.807, 2.05) is 12.1 Å². The van der Waals surface area contributed by atoms with Gasteiger partial charge in [-0.2, -0.15) is 0 Å². The van der Waals surface area contributed by atoms with Gasteiger partial charge in [-0.3, -0.25) is 4.79 Å². The average Bonchev–Trinajstić information content (AvgIpc) is 2.58. The molecule has 0 amide bonds. The summed E-state index contributed by atoms with van der Waals surface area (Å²) in [7, 11) is -2.88. The van der Waals surface area contributed by atoms with Crippen LogP contribution in [0.3, 0.4) is 0 Å². The number of hydrogen-bond donors (Lipinski definition) is 0. The van der Waals surface area contributed by atoms with Gasteiger partial charge in [0.25, 0.3) is 0 Å². The largest absolute Gasteiger partial charge is 0.302 e. The molecule has 0 aliphatic carbocycles. The van der Waals surface area contributed by atoms with Gasteiger partial charge in [-0.1, -0.05) is 28.1 Å². The molecule has 0 unspecified atom stereocenters. The van der Waals surface area contributed by atoms with E-state index in [4.69, 9.17) is 0 Å². The number of nitrogens with zero attached hydrogens (tertiary/aromatic N) is 1. The van der Waals surface area contributed by atoms with Gasteiger partial charge in [-0.05, 0) is 25.1 Å². The molecule has 1 aliphatic rings. The van der Waals surface area contributed by atoms with Crippen molar-refractivity contribution >= 4 is 31.6 Å². The number of carbonyl (C=O) groups is 1. The highest BCUT2D eigenvalue weighted by Crippen LogP contribution is 2.13. The van der Waals surface area contributed by atoms with Gasteiger partial charge < -0.3 is 4.90 Å².